The Morgan fingerprint density at radius 3 is 2.87 bits per heavy atom. The summed E-state index contributed by atoms with van der Waals surface area (Å²) in [6.45, 7) is 1.57. The van der Waals surface area contributed by atoms with Crippen molar-refractivity contribution in [3.8, 4) is 0 Å². The number of carbonyl (C=O) groups excluding carboxylic acids is 1. The summed E-state index contributed by atoms with van der Waals surface area (Å²) in [6, 6.07) is -0.698. The number of hydrogen-bond acceptors (Lipinski definition) is 6. The maximum Gasteiger partial charge on any atom is 0.326 e. The van der Waals surface area contributed by atoms with Crippen molar-refractivity contribution in [3.63, 3.8) is 0 Å². The Kier molecular flexibility index (Phi) is 4.61. The second-order valence-corrected chi connectivity index (χ2v) is 6.23. The number of carbonyl (C=O) groups is 2. The van der Waals surface area contributed by atoms with Crippen LogP contribution < -0.4 is 0 Å². The Bertz CT molecular complexity index is 587. The van der Waals surface area contributed by atoms with Gasteiger partial charge < -0.3 is 19.3 Å². The van der Waals surface area contributed by atoms with E-state index in [9.17, 15) is 14.7 Å². The fraction of sp³-hybridized carbons (Fsp3) is 0.733. The van der Waals surface area contributed by atoms with Gasteiger partial charge in [0.15, 0.2) is 5.82 Å². The van der Waals surface area contributed by atoms with Crippen molar-refractivity contribution in [2.45, 2.75) is 57.7 Å². The zero-order valence-electron chi connectivity index (χ0n) is 13.1. The van der Waals surface area contributed by atoms with E-state index < -0.39 is 12.0 Å². The van der Waals surface area contributed by atoms with Gasteiger partial charge in [0.25, 0.3) is 5.89 Å². The van der Waals surface area contributed by atoms with Gasteiger partial charge in [0.1, 0.15) is 19.3 Å². The Labute approximate surface area is 133 Å². The Hall–Kier alpha value is -1.96. The average Bonchev–Trinajstić information content (AvgIpc) is 3.10. The van der Waals surface area contributed by atoms with Crippen LogP contribution in [0.4, 0.5) is 0 Å². The third-order valence-corrected chi connectivity index (χ3v) is 4.68. The zero-order chi connectivity index (χ0) is 16.4. The third-order valence-electron chi connectivity index (χ3n) is 4.68. The number of aliphatic carboxylic acids is 1. The van der Waals surface area contributed by atoms with Crippen LogP contribution in [0.25, 0.3) is 0 Å². The number of carboxylic acids is 1. The van der Waals surface area contributed by atoms with E-state index in [-0.39, 0.29) is 25.2 Å². The quantitative estimate of drug-likeness (QED) is 0.866. The number of ether oxygens (including phenoxy) is 1. The SMILES string of the molecule is Cc1noc(COCC(=O)N2[C@H](C(=O)O)C[C@@H]3CCCC[C@@H]32)n1. The standard InChI is InChI=1S/C15H21N3O5/c1-9-16-13(23-17-9)7-22-8-14(19)18-11-5-3-2-4-10(11)6-12(18)15(20)21/h10-12H,2-8H2,1H3,(H,20,21)/t10-,11-,12-/m0/s1. The number of fused-ring (bicyclic) bond motifs is 1. The molecule has 1 aromatic heterocycles. The Morgan fingerprint density at radius 2 is 2.17 bits per heavy atom. The molecule has 3 atom stereocenters. The largest absolute Gasteiger partial charge is 0.480 e. The first kappa shape index (κ1) is 15.9. The molecule has 0 radical (unpaired) electrons. The van der Waals surface area contributed by atoms with Gasteiger partial charge in [0.2, 0.25) is 5.91 Å². The molecule has 2 heterocycles. The highest BCUT2D eigenvalue weighted by Gasteiger charge is 2.47. The number of nitrogens with zero attached hydrogens (tertiary/aromatic N) is 3. The van der Waals surface area contributed by atoms with E-state index in [2.05, 4.69) is 10.1 Å². The number of amides is 1. The van der Waals surface area contributed by atoms with Crippen molar-refractivity contribution in [1.82, 2.24) is 15.0 Å². The fourth-order valence-corrected chi connectivity index (χ4v) is 3.74. The van der Waals surface area contributed by atoms with E-state index >= 15 is 0 Å². The predicted octanol–water partition coefficient (Wildman–Crippen LogP) is 1.14. The van der Waals surface area contributed by atoms with Crippen molar-refractivity contribution in [1.29, 1.82) is 0 Å². The molecule has 0 aromatic carbocycles. The predicted molar refractivity (Wildman–Crippen MR) is 77.3 cm³/mol. The molecule has 8 nitrogen and oxygen atoms in total. The molecule has 1 aliphatic heterocycles. The molecule has 8 heteroatoms. The lowest BCUT2D eigenvalue weighted by Gasteiger charge is -2.32. The number of likely N-dealkylation sites (tertiary alicyclic amines) is 1. The molecule has 1 aliphatic carbocycles. The summed E-state index contributed by atoms with van der Waals surface area (Å²) in [5, 5.41) is 13.1. The van der Waals surface area contributed by atoms with Crippen molar-refractivity contribution >= 4 is 11.9 Å². The van der Waals surface area contributed by atoms with Gasteiger partial charge in [-0.25, -0.2) is 4.79 Å². The van der Waals surface area contributed by atoms with Crippen LogP contribution >= 0.6 is 0 Å². The number of aryl methyl sites for hydroxylation is 1. The van der Waals surface area contributed by atoms with E-state index in [1.165, 1.54) is 4.90 Å². The van der Waals surface area contributed by atoms with Gasteiger partial charge in [-0.2, -0.15) is 4.98 Å². The normalized spacial score (nSPS) is 27.0. The first-order chi connectivity index (χ1) is 11.1. The molecule has 23 heavy (non-hydrogen) atoms. The molecule has 1 amide bonds. The molecule has 3 rings (SSSR count). The van der Waals surface area contributed by atoms with Crippen LogP contribution in [0.3, 0.4) is 0 Å². The summed E-state index contributed by atoms with van der Waals surface area (Å²) < 4.78 is 10.2. The molecule has 0 unspecified atom stereocenters. The zero-order valence-corrected chi connectivity index (χ0v) is 13.1. The van der Waals surface area contributed by atoms with Gasteiger partial charge in [-0.3, -0.25) is 4.79 Å². The third kappa shape index (κ3) is 3.36. The number of carboxylic acid groups (broad SMARTS) is 1. The molecule has 1 saturated heterocycles. The van der Waals surface area contributed by atoms with Gasteiger partial charge in [-0.05, 0) is 32.1 Å². The van der Waals surface area contributed by atoms with Crippen molar-refractivity contribution in [2.75, 3.05) is 6.61 Å². The minimum Gasteiger partial charge on any atom is -0.480 e. The molecule has 1 N–H and O–H groups in total. The van der Waals surface area contributed by atoms with Crippen LogP contribution in [0, 0.1) is 12.8 Å². The highest BCUT2D eigenvalue weighted by Crippen LogP contribution is 2.39. The van der Waals surface area contributed by atoms with Gasteiger partial charge in [0.05, 0.1) is 0 Å². The molecule has 2 fully saturated rings. The maximum atomic E-state index is 12.5. The monoisotopic (exact) mass is 323 g/mol. The lowest BCUT2D eigenvalue weighted by Crippen LogP contribution is -2.47. The number of aromatic nitrogens is 2. The summed E-state index contributed by atoms with van der Waals surface area (Å²) in [4.78, 5) is 29.5. The number of hydrogen-bond donors (Lipinski definition) is 1. The lowest BCUT2D eigenvalue weighted by molar-refractivity contribution is -0.152. The van der Waals surface area contributed by atoms with Crippen LogP contribution in [0.5, 0.6) is 0 Å². The molecule has 2 aliphatic rings. The molecule has 0 spiro atoms. The van der Waals surface area contributed by atoms with E-state index in [4.69, 9.17) is 9.26 Å². The molecular formula is C15H21N3O5. The smallest absolute Gasteiger partial charge is 0.326 e. The first-order valence-corrected chi connectivity index (χ1v) is 7.97. The Morgan fingerprint density at radius 1 is 1.39 bits per heavy atom. The van der Waals surface area contributed by atoms with Crippen LogP contribution in [-0.4, -0.2) is 50.7 Å². The molecule has 1 aromatic rings. The molecular weight excluding hydrogens is 302 g/mol. The van der Waals surface area contributed by atoms with Crippen LogP contribution in [0.2, 0.25) is 0 Å². The topological polar surface area (TPSA) is 106 Å². The van der Waals surface area contributed by atoms with Gasteiger partial charge in [0, 0.05) is 6.04 Å². The van der Waals surface area contributed by atoms with Crippen molar-refractivity contribution in [3.05, 3.63) is 11.7 Å². The highest BCUT2D eigenvalue weighted by molar-refractivity contribution is 5.85. The molecule has 126 valence electrons. The Balaban J connectivity index is 1.60. The van der Waals surface area contributed by atoms with Gasteiger partial charge >= 0.3 is 5.97 Å². The first-order valence-electron chi connectivity index (χ1n) is 7.97. The van der Waals surface area contributed by atoms with Crippen LogP contribution in [0.1, 0.15) is 43.8 Å². The van der Waals surface area contributed by atoms with Gasteiger partial charge in [-0.15, -0.1) is 0 Å². The van der Waals surface area contributed by atoms with Gasteiger partial charge in [-0.1, -0.05) is 18.0 Å². The minimum atomic E-state index is -0.930. The van der Waals surface area contributed by atoms with E-state index in [0.29, 0.717) is 24.1 Å². The lowest BCUT2D eigenvalue weighted by atomic mass is 9.85. The summed E-state index contributed by atoms with van der Waals surface area (Å²) in [6.07, 6.45) is 4.58. The molecule has 1 saturated carbocycles. The van der Waals surface area contributed by atoms with Crippen molar-refractivity contribution < 1.29 is 24.0 Å². The fourth-order valence-electron chi connectivity index (χ4n) is 3.74. The maximum absolute atomic E-state index is 12.5. The second kappa shape index (κ2) is 6.66. The van der Waals surface area contributed by atoms with Crippen molar-refractivity contribution in [2.24, 2.45) is 5.92 Å². The minimum absolute atomic E-state index is 0.0339. The average molecular weight is 323 g/mol. The summed E-state index contributed by atoms with van der Waals surface area (Å²) in [7, 11) is 0. The van der Waals surface area contributed by atoms with Crippen LogP contribution in [0.15, 0.2) is 4.52 Å². The second-order valence-electron chi connectivity index (χ2n) is 6.23. The summed E-state index contributed by atoms with van der Waals surface area (Å²) in [5.74, 6) is -0.0942. The summed E-state index contributed by atoms with van der Waals surface area (Å²) >= 11 is 0. The summed E-state index contributed by atoms with van der Waals surface area (Å²) in [5.41, 5.74) is 0. The van der Waals surface area contributed by atoms with Crippen LogP contribution in [-0.2, 0) is 20.9 Å². The van der Waals surface area contributed by atoms with E-state index in [1.807, 2.05) is 0 Å². The number of rotatable bonds is 5. The van der Waals surface area contributed by atoms with E-state index in [0.717, 1.165) is 25.7 Å². The van der Waals surface area contributed by atoms with E-state index in [1.54, 1.807) is 6.92 Å². The highest BCUT2D eigenvalue weighted by atomic mass is 16.5. The molecule has 0 bridgehead atoms.